The van der Waals surface area contributed by atoms with Crippen LogP contribution in [-0.2, 0) is 9.67 Å². The summed E-state index contributed by atoms with van der Waals surface area (Å²) in [6, 6.07) is 19.7. The Morgan fingerprint density at radius 1 is 1.04 bits per heavy atom. The molecule has 2 N–H and O–H groups in total. The minimum atomic E-state index is -0.966. The molecule has 0 saturated carbocycles. The first-order valence-electron chi connectivity index (χ1n) is 7.81. The molecule has 0 bridgehead atoms. The molecule has 122 valence electrons. The lowest BCUT2D eigenvalue weighted by molar-refractivity contribution is -0.118. The van der Waals surface area contributed by atoms with E-state index in [2.05, 4.69) is 34.0 Å². The van der Waals surface area contributed by atoms with E-state index in [9.17, 15) is 4.79 Å². The maximum atomic E-state index is 12.7. The molecule has 1 atom stereocenters. The smallest absolute Gasteiger partial charge is 0.267 e. The van der Waals surface area contributed by atoms with Crippen molar-refractivity contribution in [3.8, 4) is 0 Å². The van der Waals surface area contributed by atoms with Gasteiger partial charge >= 0.3 is 0 Å². The van der Waals surface area contributed by atoms with Gasteiger partial charge in [0.15, 0.2) is 0 Å². The maximum absolute atomic E-state index is 12.7. The minimum Gasteiger partial charge on any atom is -0.323 e. The van der Waals surface area contributed by atoms with Crippen molar-refractivity contribution < 1.29 is 4.79 Å². The zero-order valence-electron chi connectivity index (χ0n) is 12.9. The van der Waals surface area contributed by atoms with Crippen molar-refractivity contribution >= 4 is 50.8 Å². The van der Waals surface area contributed by atoms with Crippen LogP contribution in [0.4, 0.5) is 5.69 Å². The second kappa shape index (κ2) is 5.25. The molecule has 0 aromatic heterocycles. The van der Waals surface area contributed by atoms with Crippen LogP contribution in [0.25, 0.3) is 10.8 Å². The Morgan fingerprint density at radius 2 is 1.88 bits per heavy atom. The molecule has 0 saturated heterocycles. The third-order valence-electron chi connectivity index (χ3n) is 4.51. The van der Waals surface area contributed by atoms with Crippen LogP contribution in [0.3, 0.4) is 0 Å². The molecular weight excluding hydrogens is 354 g/mol. The molecule has 3 aromatic rings. The summed E-state index contributed by atoms with van der Waals surface area (Å²) >= 11 is 7.57. The number of fused-ring (bicyclic) bond motifs is 3. The van der Waals surface area contributed by atoms with Crippen molar-refractivity contribution in [3.63, 3.8) is 0 Å². The number of anilines is 1. The van der Waals surface area contributed by atoms with Gasteiger partial charge in [0.1, 0.15) is 5.04 Å². The van der Waals surface area contributed by atoms with Crippen molar-refractivity contribution in [1.82, 2.24) is 5.43 Å². The number of carbonyl (C=O) groups is 1. The van der Waals surface area contributed by atoms with E-state index in [0.29, 0.717) is 5.02 Å². The fourth-order valence-corrected chi connectivity index (χ4v) is 4.66. The molecule has 1 unspecified atom stereocenters. The van der Waals surface area contributed by atoms with Gasteiger partial charge in [-0.3, -0.25) is 10.2 Å². The molecule has 0 fully saturated rings. The van der Waals surface area contributed by atoms with Gasteiger partial charge in [0.25, 0.3) is 5.91 Å². The molecule has 6 heteroatoms. The SMILES string of the molecule is O=C1Nc2ccc(Cl)cc2C12NN=C(c1cccc3ccccc13)S2. The molecule has 4 nitrogen and oxygen atoms in total. The van der Waals surface area contributed by atoms with Crippen LogP contribution in [0.2, 0.25) is 5.02 Å². The fourth-order valence-electron chi connectivity index (χ4n) is 3.31. The first-order valence-corrected chi connectivity index (χ1v) is 9.00. The van der Waals surface area contributed by atoms with Crippen LogP contribution in [-0.4, -0.2) is 11.0 Å². The third-order valence-corrected chi connectivity index (χ3v) is 6.06. The van der Waals surface area contributed by atoms with Crippen LogP contribution >= 0.6 is 23.4 Å². The van der Waals surface area contributed by atoms with Gasteiger partial charge in [-0.25, -0.2) is 0 Å². The lowest BCUT2D eigenvalue weighted by atomic mass is 10.1. The van der Waals surface area contributed by atoms with Crippen LogP contribution < -0.4 is 10.7 Å². The second-order valence-electron chi connectivity index (χ2n) is 5.98. The van der Waals surface area contributed by atoms with E-state index in [1.165, 1.54) is 11.8 Å². The molecule has 0 radical (unpaired) electrons. The highest BCUT2D eigenvalue weighted by Gasteiger charge is 2.52. The molecule has 5 rings (SSSR count). The molecule has 2 aliphatic rings. The first kappa shape index (κ1) is 14.8. The van der Waals surface area contributed by atoms with Gasteiger partial charge in [-0.15, -0.1) is 0 Å². The Balaban J connectivity index is 1.61. The summed E-state index contributed by atoms with van der Waals surface area (Å²) in [5, 5.41) is 11.0. The molecular formula is C19H12ClN3OS. The van der Waals surface area contributed by atoms with Crippen LogP contribution in [0.1, 0.15) is 11.1 Å². The molecule has 2 aliphatic heterocycles. The van der Waals surface area contributed by atoms with E-state index < -0.39 is 4.87 Å². The number of hydrogen-bond acceptors (Lipinski definition) is 4. The van der Waals surface area contributed by atoms with Gasteiger partial charge in [-0.05, 0) is 29.0 Å². The summed E-state index contributed by atoms with van der Waals surface area (Å²) in [6.45, 7) is 0. The van der Waals surface area contributed by atoms with Gasteiger partial charge in [-0.1, -0.05) is 65.8 Å². The van der Waals surface area contributed by atoms with Gasteiger partial charge < -0.3 is 5.32 Å². The topological polar surface area (TPSA) is 53.5 Å². The average molecular weight is 366 g/mol. The highest BCUT2D eigenvalue weighted by atomic mass is 35.5. The molecule has 1 amide bonds. The van der Waals surface area contributed by atoms with E-state index in [-0.39, 0.29) is 5.91 Å². The van der Waals surface area contributed by atoms with Crippen molar-refractivity contribution in [2.45, 2.75) is 4.87 Å². The third kappa shape index (κ3) is 2.09. The number of carbonyl (C=O) groups excluding carboxylic acids is 1. The summed E-state index contributed by atoms with van der Waals surface area (Å²) in [6.07, 6.45) is 0. The van der Waals surface area contributed by atoms with E-state index in [0.717, 1.165) is 32.6 Å². The Kier molecular flexibility index (Phi) is 3.11. The van der Waals surface area contributed by atoms with E-state index in [4.69, 9.17) is 11.6 Å². The van der Waals surface area contributed by atoms with Gasteiger partial charge in [-0.2, -0.15) is 5.10 Å². The van der Waals surface area contributed by atoms with E-state index >= 15 is 0 Å². The van der Waals surface area contributed by atoms with Crippen molar-refractivity contribution in [2.75, 3.05) is 5.32 Å². The number of hydrazone groups is 1. The number of amides is 1. The number of hydrogen-bond donors (Lipinski definition) is 2. The summed E-state index contributed by atoms with van der Waals surface area (Å²) in [4.78, 5) is 11.7. The quantitative estimate of drug-likeness (QED) is 0.676. The normalized spacial score (nSPS) is 21.2. The molecule has 0 aliphatic carbocycles. The van der Waals surface area contributed by atoms with E-state index in [1.54, 1.807) is 6.07 Å². The molecule has 2 heterocycles. The number of halogens is 1. The molecule has 25 heavy (non-hydrogen) atoms. The lowest BCUT2D eigenvalue weighted by Gasteiger charge is -2.20. The zero-order valence-corrected chi connectivity index (χ0v) is 14.5. The second-order valence-corrected chi connectivity index (χ2v) is 7.62. The average Bonchev–Trinajstić information content (AvgIpc) is 3.19. The van der Waals surface area contributed by atoms with Crippen LogP contribution in [0.5, 0.6) is 0 Å². The predicted molar refractivity (Wildman–Crippen MR) is 103 cm³/mol. The predicted octanol–water partition coefficient (Wildman–Crippen LogP) is 4.30. The number of benzene rings is 3. The number of nitrogens with zero attached hydrogens (tertiary/aromatic N) is 1. The maximum Gasteiger partial charge on any atom is 0.267 e. The standard InChI is InChI=1S/C19H12ClN3OS/c20-12-8-9-16-15(10-12)19(18(24)21-16)23-22-17(25-19)14-7-3-5-11-4-1-2-6-13(11)14/h1-10,23H,(H,21,24). The number of thioether (sulfide) groups is 1. The Morgan fingerprint density at radius 3 is 2.80 bits per heavy atom. The van der Waals surface area contributed by atoms with Crippen molar-refractivity contribution in [1.29, 1.82) is 0 Å². The van der Waals surface area contributed by atoms with E-state index in [1.807, 2.05) is 36.4 Å². The monoisotopic (exact) mass is 365 g/mol. The summed E-state index contributed by atoms with van der Waals surface area (Å²) < 4.78 is 0. The highest BCUT2D eigenvalue weighted by molar-refractivity contribution is 8.16. The van der Waals surface area contributed by atoms with Gasteiger partial charge in [0, 0.05) is 21.8 Å². The molecule has 3 aromatic carbocycles. The van der Waals surface area contributed by atoms with Crippen molar-refractivity contribution in [2.24, 2.45) is 5.10 Å². The fraction of sp³-hybridized carbons (Fsp3) is 0.0526. The number of nitrogens with one attached hydrogen (secondary N) is 2. The largest absolute Gasteiger partial charge is 0.323 e. The van der Waals surface area contributed by atoms with Crippen molar-refractivity contribution in [3.05, 3.63) is 76.8 Å². The lowest BCUT2D eigenvalue weighted by Crippen LogP contribution is -2.39. The number of rotatable bonds is 1. The van der Waals surface area contributed by atoms with Crippen LogP contribution in [0, 0.1) is 0 Å². The zero-order chi connectivity index (χ0) is 17.0. The summed E-state index contributed by atoms with van der Waals surface area (Å²) in [5.41, 5.74) is 5.65. The minimum absolute atomic E-state index is 0.131. The van der Waals surface area contributed by atoms with Gasteiger partial charge in [0.05, 0.1) is 0 Å². The highest BCUT2D eigenvalue weighted by Crippen LogP contribution is 2.49. The van der Waals surface area contributed by atoms with Gasteiger partial charge in [0.2, 0.25) is 4.87 Å². The Labute approximate surface area is 153 Å². The molecule has 1 spiro atoms. The summed E-state index contributed by atoms with van der Waals surface area (Å²) in [5.74, 6) is -0.131. The summed E-state index contributed by atoms with van der Waals surface area (Å²) in [7, 11) is 0. The first-order chi connectivity index (χ1) is 12.2. The van der Waals surface area contributed by atoms with Crippen LogP contribution in [0.15, 0.2) is 65.8 Å². The Bertz CT molecular complexity index is 1080. The Hall–Kier alpha value is -2.50.